The molecule has 0 bridgehead atoms. The highest BCUT2D eigenvalue weighted by molar-refractivity contribution is 9.11. The Balaban J connectivity index is 2.31. The van der Waals surface area contributed by atoms with Gasteiger partial charge in [-0.05, 0) is 46.8 Å². The maximum Gasteiger partial charge on any atom is 0.243 e. The van der Waals surface area contributed by atoms with Crippen LogP contribution in [0.25, 0.3) is 0 Å². The normalized spacial score (nSPS) is 16.1. The molecule has 1 aliphatic carbocycles. The predicted octanol–water partition coefficient (Wildman–Crippen LogP) is 2.48. The van der Waals surface area contributed by atoms with Crippen molar-refractivity contribution in [1.82, 2.24) is 4.72 Å². The van der Waals surface area contributed by atoms with E-state index < -0.39 is 10.0 Å². The van der Waals surface area contributed by atoms with Crippen LogP contribution in [-0.2, 0) is 10.0 Å². The summed E-state index contributed by atoms with van der Waals surface area (Å²) in [7, 11) is -3.54. The number of nitrogens with one attached hydrogen (secondary N) is 1. The smallest absolute Gasteiger partial charge is 0.243 e. The summed E-state index contributed by atoms with van der Waals surface area (Å²) in [4.78, 5) is 0.112. The van der Waals surface area contributed by atoms with Crippen molar-refractivity contribution in [3.05, 3.63) is 21.1 Å². The van der Waals surface area contributed by atoms with E-state index in [9.17, 15) is 8.42 Å². The fourth-order valence-electron chi connectivity index (χ4n) is 1.49. The summed E-state index contributed by atoms with van der Waals surface area (Å²) < 4.78 is 28.0. The fraction of sp³-hybridized carbons (Fsp3) is 0.400. The van der Waals surface area contributed by atoms with Crippen LogP contribution in [0.5, 0.6) is 0 Å². The minimum atomic E-state index is -3.54. The second kappa shape index (κ2) is 4.87. The quantitative estimate of drug-likeness (QED) is 0.784. The minimum absolute atomic E-state index is 0.112. The van der Waals surface area contributed by atoms with Crippen LogP contribution in [-0.4, -0.2) is 15.0 Å². The van der Waals surface area contributed by atoms with Crippen LogP contribution in [0.15, 0.2) is 26.0 Å². The van der Waals surface area contributed by atoms with Crippen molar-refractivity contribution in [2.45, 2.75) is 17.7 Å². The van der Waals surface area contributed by atoms with Crippen molar-refractivity contribution < 1.29 is 8.42 Å². The van der Waals surface area contributed by atoms with Crippen molar-refractivity contribution in [3.8, 4) is 0 Å². The van der Waals surface area contributed by atoms with Crippen LogP contribution in [0.4, 0.5) is 5.69 Å². The first-order valence-corrected chi connectivity index (χ1v) is 8.21. The average molecular weight is 384 g/mol. The van der Waals surface area contributed by atoms with E-state index in [1.165, 1.54) is 0 Å². The molecule has 0 heterocycles. The van der Waals surface area contributed by atoms with Gasteiger partial charge in [-0.2, -0.15) is 0 Å². The van der Waals surface area contributed by atoms with Gasteiger partial charge in [0.1, 0.15) is 4.90 Å². The predicted molar refractivity (Wildman–Crippen MR) is 74.2 cm³/mol. The van der Waals surface area contributed by atoms with Crippen molar-refractivity contribution in [2.75, 3.05) is 12.3 Å². The van der Waals surface area contributed by atoms with Crippen LogP contribution >= 0.6 is 31.9 Å². The molecule has 0 atom stereocenters. The Morgan fingerprint density at radius 2 is 2.00 bits per heavy atom. The number of halogens is 2. The number of rotatable bonds is 4. The monoisotopic (exact) mass is 382 g/mol. The van der Waals surface area contributed by atoms with Gasteiger partial charge in [0, 0.05) is 15.5 Å². The van der Waals surface area contributed by atoms with E-state index in [0.29, 0.717) is 16.9 Å². The maximum atomic E-state index is 12.1. The summed E-state index contributed by atoms with van der Waals surface area (Å²) in [6.45, 7) is 0.490. The molecule has 1 aliphatic rings. The van der Waals surface area contributed by atoms with E-state index in [-0.39, 0.29) is 10.6 Å². The molecule has 0 radical (unpaired) electrons. The van der Waals surface area contributed by atoms with Gasteiger partial charge in [-0.1, -0.05) is 15.9 Å². The first-order valence-electron chi connectivity index (χ1n) is 5.14. The van der Waals surface area contributed by atoms with Gasteiger partial charge in [0.15, 0.2) is 0 Å². The van der Waals surface area contributed by atoms with Gasteiger partial charge in [-0.15, -0.1) is 0 Å². The number of nitrogens with two attached hydrogens (primary N) is 1. The Hall–Kier alpha value is -0.110. The summed E-state index contributed by atoms with van der Waals surface area (Å²) in [5.74, 6) is 0.486. The molecule has 1 aromatic carbocycles. The van der Waals surface area contributed by atoms with Gasteiger partial charge >= 0.3 is 0 Å². The third-order valence-electron chi connectivity index (χ3n) is 2.56. The zero-order valence-corrected chi connectivity index (χ0v) is 12.9. The largest absolute Gasteiger partial charge is 0.398 e. The highest BCUT2D eigenvalue weighted by atomic mass is 79.9. The summed E-state index contributed by atoms with van der Waals surface area (Å²) in [5.41, 5.74) is 5.98. The summed E-state index contributed by atoms with van der Waals surface area (Å²) in [5, 5.41) is 0. The van der Waals surface area contributed by atoms with E-state index in [1.807, 2.05) is 0 Å². The molecular formula is C10H12Br2N2O2S. The molecule has 0 aliphatic heterocycles. The van der Waals surface area contributed by atoms with E-state index >= 15 is 0 Å². The number of nitrogen functional groups attached to an aromatic ring is 1. The molecular weight excluding hydrogens is 372 g/mol. The number of hydrogen-bond donors (Lipinski definition) is 2. The Bertz CT molecular complexity index is 518. The third kappa shape index (κ3) is 3.21. The molecule has 7 heteroatoms. The Labute approximate surface area is 117 Å². The van der Waals surface area contributed by atoms with E-state index in [0.717, 1.165) is 17.3 Å². The van der Waals surface area contributed by atoms with E-state index in [1.54, 1.807) is 12.1 Å². The van der Waals surface area contributed by atoms with Gasteiger partial charge < -0.3 is 5.73 Å². The van der Waals surface area contributed by atoms with Gasteiger partial charge in [0.2, 0.25) is 10.0 Å². The molecule has 17 heavy (non-hydrogen) atoms. The molecule has 3 N–H and O–H groups in total. The molecule has 2 rings (SSSR count). The second-order valence-corrected chi connectivity index (χ2v) is 7.58. The SMILES string of the molecule is Nc1cc(Br)cc(Br)c1S(=O)(=O)NCC1CC1. The van der Waals surface area contributed by atoms with Gasteiger partial charge in [0.05, 0.1) is 5.69 Å². The van der Waals surface area contributed by atoms with Crippen LogP contribution in [0.3, 0.4) is 0 Å². The average Bonchev–Trinajstić information content (AvgIpc) is 2.95. The van der Waals surface area contributed by atoms with Crippen LogP contribution in [0.2, 0.25) is 0 Å². The standard InChI is InChI=1S/C10H12Br2N2O2S/c11-7-3-8(12)10(9(13)4-7)17(15,16)14-5-6-1-2-6/h3-4,6,14H,1-2,5,13H2. The molecule has 0 saturated heterocycles. The van der Waals surface area contributed by atoms with Crippen molar-refractivity contribution in [3.63, 3.8) is 0 Å². The molecule has 1 fully saturated rings. The zero-order valence-electron chi connectivity index (χ0n) is 8.91. The summed E-state index contributed by atoms with van der Waals surface area (Å²) in [6, 6.07) is 3.25. The lowest BCUT2D eigenvalue weighted by atomic mass is 10.3. The first-order chi connectivity index (χ1) is 7.90. The van der Waals surface area contributed by atoms with Gasteiger partial charge in [-0.3, -0.25) is 0 Å². The van der Waals surface area contributed by atoms with Crippen LogP contribution in [0.1, 0.15) is 12.8 Å². The lowest BCUT2D eigenvalue weighted by molar-refractivity contribution is 0.577. The molecule has 0 unspecified atom stereocenters. The summed E-state index contributed by atoms with van der Waals surface area (Å²) in [6.07, 6.45) is 2.19. The zero-order chi connectivity index (χ0) is 12.6. The van der Waals surface area contributed by atoms with Gasteiger partial charge in [0.25, 0.3) is 0 Å². The number of hydrogen-bond acceptors (Lipinski definition) is 3. The highest BCUT2D eigenvalue weighted by Crippen LogP contribution is 2.32. The minimum Gasteiger partial charge on any atom is -0.398 e. The first kappa shape index (κ1) is 13.3. The molecule has 1 saturated carbocycles. The van der Waals surface area contributed by atoms with Crippen LogP contribution < -0.4 is 10.5 Å². The fourth-order valence-corrected chi connectivity index (χ4v) is 4.67. The molecule has 94 valence electrons. The Morgan fingerprint density at radius 1 is 1.35 bits per heavy atom. The molecule has 4 nitrogen and oxygen atoms in total. The number of benzene rings is 1. The van der Waals surface area contributed by atoms with Gasteiger partial charge in [-0.25, -0.2) is 13.1 Å². The molecule has 0 aromatic heterocycles. The lowest BCUT2D eigenvalue weighted by Gasteiger charge is -2.11. The van der Waals surface area contributed by atoms with Crippen molar-refractivity contribution in [2.24, 2.45) is 5.92 Å². The molecule has 1 aromatic rings. The van der Waals surface area contributed by atoms with E-state index in [4.69, 9.17) is 5.73 Å². The molecule has 0 spiro atoms. The highest BCUT2D eigenvalue weighted by Gasteiger charge is 2.26. The number of sulfonamides is 1. The summed E-state index contributed by atoms with van der Waals surface area (Å²) >= 11 is 6.49. The van der Waals surface area contributed by atoms with Crippen LogP contribution in [0, 0.1) is 5.92 Å². The molecule has 0 amide bonds. The second-order valence-electron chi connectivity index (χ2n) is 4.10. The topological polar surface area (TPSA) is 72.2 Å². The Morgan fingerprint density at radius 3 is 2.53 bits per heavy atom. The number of anilines is 1. The Kier molecular flexibility index (Phi) is 3.82. The maximum absolute atomic E-state index is 12.1. The van der Waals surface area contributed by atoms with Crippen molar-refractivity contribution in [1.29, 1.82) is 0 Å². The lowest BCUT2D eigenvalue weighted by Crippen LogP contribution is -2.27. The third-order valence-corrected chi connectivity index (χ3v) is 5.45. The van der Waals surface area contributed by atoms with E-state index in [2.05, 4.69) is 36.6 Å². The van der Waals surface area contributed by atoms with Crippen molar-refractivity contribution >= 4 is 47.6 Å².